The van der Waals surface area contributed by atoms with Gasteiger partial charge in [0.2, 0.25) is 47.3 Å². The minimum atomic E-state index is -1.26. The number of benzene rings is 2. The Morgan fingerprint density at radius 2 is 1.05 bits per heavy atom. The molecule has 0 unspecified atom stereocenters. The van der Waals surface area contributed by atoms with Crippen LogP contribution < -0.4 is 65.5 Å². The van der Waals surface area contributed by atoms with Crippen molar-refractivity contribution in [3.63, 3.8) is 0 Å². The maximum atomic E-state index is 14.4. The third kappa shape index (κ3) is 23.1. The molecule has 23 heteroatoms. The quantitative estimate of drug-likeness (QED) is 0.0231. The summed E-state index contributed by atoms with van der Waals surface area (Å²) in [6, 6.07) is 6.42. The van der Waals surface area contributed by atoms with Crippen LogP contribution in [0.25, 0.3) is 10.9 Å². The second kappa shape index (κ2) is 33.0. The summed E-state index contributed by atoms with van der Waals surface area (Å²) in [6.45, 7) is 16.6. The smallest absolute Gasteiger partial charge is 0.243 e. The molecule has 0 aliphatic rings. The number of amides is 8. The first-order valence-corrected chi connectivity index (χ1v) is 27.4. The van der Waals surface area contributed by atoms with Gasteiger partial charge in [-0.2, -0.15) is 0 Å². The van der Waals surface area contributed by atoms with E-state index in [1.807, 2.05) is 65.8 Å². The lowest BCUT2D eigenvalue weighted by Crippen LogP contribution is -2.61. The zero-order valence-corrected chi connectivity index (χ0v) is 47.6. The Hall–Kier alpha value is -7.56. The Labute approximate surface area is 464 Å². The number of rotatable bonds is 34. The van der Waals surface area contributed by atoms with Gasteiger partial charge in [0.15, 0.2) is 5.96 Å². The summed E-state index contributed by atoms with van der Waals surface area (Å²) >= 11 is 0. The van der Waals surface area contributed by atoms with E-state index < -0.39 is 95.5 Å². The first-order valence-electron chi connectivity index (χ1n) is 27.4. The standard InChI is InChI=1S/C56H89N15O8/c1-31(2)25-43(68-52(76)44(26-32(3)4)69-53(77)45(27-33(5)6)70-54(78)46(65-35(9)72)28-38-30-63-40-16-11-10-15-39(38)40)51(75)66-42(18-14-24-62-56(60)61)50(74)71-47(34(7)8)55(79)67-41(17-12-13-23-57)49(73)64-29-36-19-21-37(22-20-36)48(58)59/h10-11,15-16,19-22,30-34,41-47,63H,12-14,17-18,23-29,57H2,1-9H3,(H3,58,59)(H,64,73)(H,65,72)(H,66,75)(H,67,79)(H,68,76)(H,69,77)(H,70,78)(H,71,74)(H4,60,61,62)/t41-,42-,43-,44-,45-,46-,47-/m0/s1. The SMILES string of the molecule is CC(=O)N[C@@H](Cc1c[nH]c2ccccc12)C(=O)N[C@@H](CC(C)C)C(=O)N[C@@H](CC(C)C)C(=O)N[C@@H](CC(C)C)C(=O)N[C@@H](CCCN=C(N)N)C(=O)N[C@H](C(=O)N[C@@H](CCCCN)C(=O)NCc1ccc(C(=N)N)cc1)C(C)C. The molecule has 0 saturated heterocycles. The van der Waals surface area contributed by atoms with Crippen LogP contribution in [0.4, 0.5) is 0 Å². The Morgan fingerprint density at radius 1 is 0.570 bits per heavy atom. The lowest BCUT2D eigenvalue weighted by molar-refractivity contribution is -0.136. The van der Waals surface area contributed by atoms with Crippen molar-refractivity contribution in [1.29, 1.82) is 5.41 Å². The maximum Gasteiger partial charge on any atom is 0.243 e. The van der Waals surface area contributed by atoms with Crippen LogP contribution in [-0.4, -0.2) is 119 Å². The normalized spacial score (nSPS) is 14.0. The molecule has 18 N–H and O–H groups in total. The highest BCUT2D eigenvalue weighted by Crippen LogP contribution is 2.20. The predicted octanol–water partition coefficient (Wildman–Crippen LogP) is 1.70. The van der Waals surface area contributed by atoms with Crippen molar-refractivity contribution < 1.29 is 38.4 Å². The molecule has 0 aliphatic heterocycles. The number of aromatic amines is 1. The molecule has 7 atom stereocenters. The van der Waals surface area contributed by atoms with E-state index in [-0.39, 0.29) is 87.6 Å². The number of amidine groups is 1. The van der Waals surface area contributed by atoms with Crippen molar-refractivity contribution in [1.82, 2.24) is 47.5 Å². The fraction of sp³-hybridized carbons (Fsp3) is 0.571. The number of para-hydroxylation sites is 1. The van der Waals surface area contributed by atoms with E-state index in [1.54, 1.807) is 44.3 Å². The molecule has 0 spiro atoms. The molecule has 0 bridgehead atoms. The zero-order chi connectivity index (χ0) is 58.9. The van der Waals surface area contributed by atoms with E-state index in [0.717, 1.165) is 22.0 Å². The van der Waals surface area contributed by atoms with Gasteiger partial charge in [-0.3, -0.25) is 48.8 Å². The summed E-state index contributed by atoms with van der Waals surface area (Å²) in [5.41, 5.74) is 25.4. The molecule has 0 aliphatic carbocycles. The van der Waals surface area contributed by atoms with Crippen LogP contribution in [0.5, 0.6) is 0 Å². The van der Waals surface area contributed by atoms with Gasteiger partial charge in [0.05, 0.1) is 0 Å². The van der Waals surface area contributed by atoms with Crippen molar-refractivity contribution in [2.45, 2.75) is 169 Å². The minimum Gasteiger partial charge on any atom is -0.384 e. The Morgan fingerprint density at radius 3 is 1.54 bits per heavy atom. The molecule has 1 heterocycles. The number of carbonyl (C=O) groups excluding carboxylic acids is 8. The number of carbonyl (C=O) groups is 8. The third-order valence-electron chi connectivity index (χ3n) is 12.9. The molecule has 0 radical (unpaired) electrons. The largest absolute Gasteiger partial charge is 0.384 e. The molecule has 23 nitrogen and oxygen atoms in total. The Bertz CT molecular complexity index is 2540. The summed E-state index contributed by atoms with van der Waals surface area (Å²) in [7, 11) is 0. The minimum absolute atomic E-state index is 0.0141. The summed E-state index contributed by atoms with van der Waals surface area (Å²) in [6.07, 6.45) is 4.01. The van der Waals surface area contributed by atoms with Gasteiger partial charge < -0.3 is 70.5 Å². The van der Waals surface area contributed by atoms with Crippen LogP contribution in [0.2, 0.25) is 0 Å². The molecule has 8 amide bonds. The number of nitrogens with two attached hydrogens (primary N) is 4. The van der Waals surface area contributed by atoms with Crippen LogP contribution >= 0.6 is 0 Å². The van der Waals surface area contributed by atoms with Gasteiger partial charge in [-0.05, 0) is 98.8 Å². The number of H-pyrrole nitrogens is 1. The number of nitrogens with one attached hydrogen (secondary N) is 10. The predicted molar refractivity (Wildman–Crippen MR) is 307 cm³/mol. The highest BCUT2D eigenvalue weighted by atomic mass is 16.2. The number of guanidine groups is 1. The number of unbranched alkanes of at least 4 members (excludes halogenated alkanes) is 1. The van der Waals surface area contributed by atoms with Crippen LogP contribution in [0.15, 0.2) is 59.7 Å². The van der Waals surface area contributed by atoms with E-state index in [9.17, 15) is 38.4 Å². The van der Waals surface area contributed by atoms with Crippen molar-refractivity contribution in [3.05, 3.63) is 71.4 Å². The lowest BCUT2D eigenvalue weighted by atomic mass is 9.98. The highest BCUT2D eigenvalue weighted by Gasteiger charge is 2.35. The number of aliphatic imine (C=N–C) groups is 1. The summed E-state index contributed by atoms with van der Waals surface area (Å²) in [5.74, 6) is -5.96. The number of fused-ring (bicyclic) bond motifs is 1. The fourth-order valence-electron chi connectivity index (χ4n) is 8.87. The summed E-state index contributed by atoms with van der Waals surface area (Å²) in [4.78, 5) is 119. The molecule has 79 heavy (non-hydrogen) atoms. The number of aromatic nitrogens is 1. The molecular formula is C56H89N15O8. The van der Waals surface area contributed by atoms with Crippen LogP contribution in [-0.2, 0) is 51.3 Å². The fourth-order valence-corrected chi connectivity index (χ4v) is 8.87. The van der Waals surface area contributed by atoms with Gasteiger partial charge in [-0.1, -0.05) is 97.9 Å². The molecule has 0 saturated carbocycles. The van der Waals surface area contributed by atoms with Gasteiger partial charge in [0.25, 0.3) is 0 Å². The van der Waals surface area contributed by atoms with Crippen molar-refractivity contribution in [2.24, 2.45) is 51.6 Å². The molecule has 3 rings (SSSR count). The van der Waals surface area contributed by atoms with E-state index in [4.69, 9.17) is 28.3 Å². The van der Waals surface area contributed by atoms with Crippen molar-refractivity contribution >= 4 is 70.0 Å². The first kappa shape index (κ1) is 65.7. The molecule has 3 aromatic rings. The monoisotopic (exact) mass is 1100 g/mol. The number of hydrogen-bond donors (Lipinski definition) is 14. The van der Waals surface area contributed by atoms with Crippen LogP contribution in [0.1, 0.15) is 130 Å². The summed E-state index contributed by atoms with van der Waals surface area (Å²) < 4.78 is 0. The molecule has 1 aromatic heterocycles. The molecule has 2 aromatic carbocycles. The number of hydrogen-bond acceptors (Lipinski definition) is 11. The van der Waals surface area contributed by atoms with Crippen LogP contribution in [0.3, 0.4) is 0 Å². The number of nitrogen functional groups attached to an aromatic ring is 1. The van der Waals surface area contributed by atoms with Gasteiger partial charge >= 0.3 is 0 Å². The second-order valence-electron chi connectivity index (χ2n) is 21.8. The van der Waals surface area contributed by atoms with Gasteiger partial charge in [0.1, 0.15) is 48.1 Å². The number of nitrogens with zero attached hydrogens (tertiary/aromatic N) is 1. The summed E-state index contributed by atoms with van der Waals surface area (Å²) in [5, 5.41) is 31.0. The van der Waals surface area contributed by atoms with Crippen molar-refractivity contribution in [3.8, 4) is 0 Å². The Kier molecular flexibility index (Phi) is 27.5. The van der Waals surface area contributed by atoms with Gasteiger partial charge in [-0.25, -0.2) is 0 Å². The van der Waals surface area contributed by atoms with E-state index in [1.165, 1.54) is 6.92 Å². The van der Waals surface area contributed by atoms with Crippen molar-refractivity contribution in [2.75, 3.05) is 13.1 Å². The maximum absolute atomic E-state index is 14.4. The molecule has 436 valence electrons. The lowest BCUT2D eigenvalue weighted by Gasteiger charge is -2.29. The Balaban J connectivity index is 1.85. The zero-order valence-electron chi connectivity index (χ0n) is 47.6. The van der Waals surface area contributed by atoms with Gasteiger partial charge in [-0.15, -0.1) is 0 Å². The first-order chi connectivity index (χ1) is 37.3. The van der Waals surface area contributed by atoms with Gasteiger partial charge in [0, 0.05) is 49.1 Å². The average molecular weight is 1100 g/mol. The second-order valence-corrected chi connectivity index (χ2v) is 21.8. The third-order valence-corrected chi connectivity index (χ3v) is 12.9. The average Bonchev–Trinajstić information content (AvgIpc) is 3.80. The van der Waals surface area contributed by atoms with E-state index >= 15 is 0 Å². The topological polar surface area (TPSA) is 389 Å². The molecular weight excluding hydrogens is 1010 g/mol. The highest BCUT2D eigenvalue weighted by molar-refractivity contribution is 5.98. The molecule has 0 fully saturated rings. The van der Waals surface area contributed by atoms with E-state index in [0.29, 0.717) is 24.9 Å². The van der Waals surface area contributed by atoms with E-state index in [2.05, 4.69) is 52.5 Å². The van der Waals surface area contributed by atoms with Crippen LogP contribution in [0, 0.1) is 29.1 Å².